The van der Waals surface area contributed by atoms with Gasteiger partial charge in [0.25, 0.3) is 0 Å². The molecule has 1 aliphatic carbocycles. The lowest BCUT2D eigenvalue weighted by Crippen LogP contribution is -2.25. The Bertz CT molecular complexity index is 351. The Hall–Kier alpha value is -0.710. The molecule has 2 N–H and O–H groups in total. The van der Waals surface area contributed by atoms with Gasteiger partial charge in [-0.3, -0.25) is 0 Å². The highest BCUT2D eigenvalue weighted by atomic mass is 32.2. The zero-order valence-electron chi connectivity index (χ0n) is 10.8. The molecular formula is C14H21NO2S. The standard InChI is InChI=1S/C14H21NO2S/c1-18-14-6-4-12(5-7-14)15-8-13(16)10-17-9-11-2-3-11/h4-7,11,13,15-16H,2-3,8-10H2,1H3. The molecule has 100 valence electrons. The quantitative estimate of drug-likeness (QED) is 0.710. The van der Waals surface area contributed by atoms with Crippen LogP contribution in [0.15, 0.2) is 29.2 Å². The second-order valence-electron chi connectivity index (χ2n) is 4.74. The second kappa shape index (κ2) is 7.02. The monoisotopic (exact) mass is 267 g/mol. The van der Waals surface area contributed by atoms with Crippen molar-refractivity contribution in [3.05, 3.63) is 24.3 Å². The predicted octanol–water partition coefficient (Wildman–Crippen LogP) is 2.61. The fraction of sp³-hybridized carbons (Fsp3) is 0.571. The molecule has 1 aromatic rings. The summed E-state index contributed by atoms with van der Waals surface area (Å²) in [5, 5.41) is 13.0. The van der Waals surface area contributed by atoms with Crippen LogP contribution in [0.5, 0.6) is 0 Å². The third-order valence-electron chi connectivity index (χ3n) is 2.99. The third-order valence-corrected chi connectivity index (χ3v) is 3.74. The smallest absolute Gasteiger partial charge is 0.0945 e. The number of thioether (sulfide) groups is 1. The number of hydrogen-bond donors (Lipinski definition) is 2. The summed E-state index contributed by atoms with van der Waals surface area (Å²) in [5.74, 6) is 0.754. The number of aliphatic hydroxyl groups excluding tert-OH is 1. The molecule has 1 fully saturated rings. The van der Waals surface area contributed by atoms with Crippen LogP contribution < -0.4 is 5.32 Å². The topological polar surface area (TPSA) is 41.5 Å². The molecular weight excluding hydrogens is 246 g/mol. The molecule has 2 rings (SSSR count). The first-order valence-electron chi connectivity index (χ1n) is 6.41. The molecule has 1 aliphatic rings. The van der Waals surface area contributed by atoms with Crippen LogP contribution in [-0.4, -0.2) is 37.2 Å². The molecule has 0 aromatic heterocycles. The minimum atomic E-state index is -0.441. The summed E-state index contributed by atoms with van der Waals surface area (Å²) in [6, 6.07) is 8.21. The average molecular weight is 267 g/mol. The molecule has 3 nitrogen and oxygen atoms in total. The largest absolute Gasteiger partial charge is 0.389 e. The van der Waals surface area contributed by atoms with Crippen molar-refractivity contribution in [3.63, 3.8) is 0 Å². The van der Waals surface area contributed by atoms with Crippen molar-refractivity contribution < 1.29 is 9.84 Å². The van der Waals surface area contributed by atoms with E-state index in [0.29, 0.717) is 13.2 Å². The molecule has 0 amide bonds. The van der Waals surface area contributed by atoms with E-state index in [0.717, 1.165) is 18.2 Å². The maximum absolute atomic E-state index is 9.75. The molecule has 0 spiro atoms. The van der Waals surface area contributed by atoms with Crippen LogP contribution in [0.4, 0.5) is 5.69 Å². The number of benzene rings is 1. The zero-order chi connectivity index (χ0) is 12.8. The van der Waals surface area contributed by atoms with E-state index in [1.165, 1.54) is 17.7 Å². The number of ether oxygens (including phenoxy) is 1. The van der Waals surface area contributed by atoms with E-state index in [2.05, 4.69) is 23.7 Å². The molecule has 0 radical (unpaired) electrons. The van der Waals surface area contributed by atoms with Crippen molar-refractivity contribution in [1.82, 2.24) is 0 Å². The van der Waals surface area contributed by atoms with Crippen LogP contribution in [0.25, 0.3) is 0 Å². The van der Waals surface area contributed by atoms with Gasteiger partial charge in [0.1, 0.15) is 0 Å². The van der Waals surface area contributed by atoms with Crippen molar-refractivity contribution >= 4 is 17.4 Å². The Balaban J connectivity index is 1.62. The fourth-order valence-corrected chi connectivity index (χ4v) is 2.07. The Morgan fingerprint density at radius 1 is 1.39 bits per heavy atom. The number of aliphatic hydroxyl groups is 1. The average Bonchev–Trinajstić information content (AvgIpc) is 3.21. The van der Waals surface area contributed by atoms with Crippen LogP contribution in [0.2, 0.25) is 0 Å². The minimum Gasteiger partial charge on any atom is -0.389 e. The van der Waals surface area contributed by atoms with E-state index >= 15 is 0 Å². The zero-order valence-corrected chi connectivity index (χ0v) is 11.6. The highest BCUT2D eigenvalue weighted by molar-refractivity contribution is 7.98. The molecule has 4 heteroatoms. The Kier molecular flexibility index (Phi) is 5.35. The highest BCUT2D eigenvalue weighted by Crippen LogP contribution is 2.28. The van der Waals surface area contributed by atoms with Gasteiger partial charge in [0.2, 0.25) is 0 Å². The third kappa shape index (κ3) is 4.88. The van der Waals surface area contributed by atoms with Crippen LogP contribution in [0.1, 0.15) is 12.8 Å². The molecule has 18 heavy (non-hydrogen) atoms. The van der Waals surface area contributed by atoms with Gasteiger partial charge in [-0.05, 0) is 49.3 Å². The van der Waals surface area contributed by atoms with Gasteiger partial charge in [-0.25, -0.2) is 0 Å². The summed E-state index contributed by atoms with van der Waals surface area (Å²) in [6.07, 6.45) is 4.19. The predicted molar refractivity (Wildman–Crippen MR) is 76.3 cm³/mol. The minimum absolute atomic E-state index is 0.423. The van der Waals surface area contributed by atoms with Gasteiger partial charge in [-0.2, -0.15) is 0 Å². The van der Waals surface area contributed by atoms with Gasteiger partial charge in [-0.1, -0.05) is 0 Å². The summed E-state index contributed by atoms with van der Waals surface area (Å²) in [4.78, 5) is 1.24. The molecule has 0 heterocycles. The lowest BCUT2D eigenvalue weighted by Gasteiger charge is -2.13. The van der Waals surface area contributed by atoms with Crippen LogP contribution >= 0.6 is 11.8 Å². The van der Waals surface area contributed by atoms with Crippen molar-refractivity contribution in [2.45, 2.75) is 23.8 Å². The number of anilines is 1. The molecule has 1 unspecified atom stereocenters. The summed E-state index contributed by atoms with van der Waals surface area (Å²) >= 11 is 1.72. The van der Waals surface area contributed by atoms with E-state index < -0.39 is 6.10 Å². The maximum atomic E-state index is 9.75. The number of nitrogens with one attached hydrogen (secondary N) is 1. The highest BCUT2D eigenvalue weighted by Gasteiger charge is 2.21. The van der Waals surface area contributed by atoms with E-state index in [9.17, 15) is 5.11 Å². The van der Waals surface area contributed by atoms with Crippen molar-refractivity contribution in [3.8, 4) is 0 Å². The normalized spacial score (nSPS) is 16.6. The molecule has 0 saturated heterocycles. The SMILES string of the molecule is CSc1ccc(NCC(O)COCC2CC2)cc1. The van der Waals surface area contributed by atoms with Crippen molar-refractivity contribution in [2.75, 3.05) is 31.3 Å². The summed E-state index contributed by atoms with van der Waals surface area (Å²) < 4.78 is 5.45. The van der Waals surface area contributed by atoms with E-state index in [4.69, 9.17) is 4.74 Å². The lowest BCUT2D eigenvalue weighted by atomic mass is 10.3. The second-order valence-corrected chi connectivity index (χ2v) is 5.62. The van der Waals surface area contributed by atoms with Gasteiger partial charge in [0.15, 0.2) is 0 Å². The first-order valence-corrected chi connectivity index (χ1v) is 7.64. The van der Waals surface area contributed by atoms with Gasteiger partial charge in [0, 0.05) is 23.7 Å². The summed E-state index contributed by atoms with van der Waals surface area (Å²) in [6.45, 7) is 1.76. The Labute approximate surface area is 113 Å². The molecule has 1 saturated carbocycles. The van der Waals surface area contributed by atoms with Crippen LogP contribution in [-0.2, 0) is 4.74 Å². The van der Waals surface area contributed by atoms with Gasteiger partial charge in [-0.15, -0.1) is 11.8 Å². The first-order chi connectivity index (χ1) is 8.78. The fourth-order valence-electron chi connectivity index (χ4n) is 1.66. The van der Waals surface area contributed by atoms with Crippen molar-refractivity contribution in [1.29, 1.82) is 0 Å². The Morgan fingerprint density at radius 2 is 2.11 bits per heavy atom. The molecule has 0 aliphatic heterocycles. The maximum Gasteiger partial charge on any atom is 0.0945 e. The first kappa shape index (κ1) is 13.7. The lowest BCUT2D eigenvalue weighted by molar-refractivity contribution is 0.0386. The molecule has 1 atom stereocenters. The van der Waals surface area contributed by atoms with Crippen LogP contribution in [0, 0.1) is 5.92 Å². The van der Waals surface area contributed by atoms with E-state index in [-0.39, 0.29) is 0 Å². The Morgan fingerprint density at radius 3 is 2.72 bits per heavy atom. The van der Waals surface area contributed by atoms with Gasteiger partial charge >= 0.3 is 0 Å². The van der Waals surface area contributed by atoms with Gasteiger partial charge in [0.05, 0.1) is 12.7 Å². The van der Waals surface area contributed by atoms with E-state index in [1.807, 2.05) is 12.1 Å². The number of hydrogen-bond acceptors (Lipinski definition) is 4. The molecule has 1 aromatic carbocycles. The van der Waals surface area contributed by atoms with Crippen LogP contribution in [0.3, 0.4) is 0 Å². The van der Waals surface area contributed by atoms with E-state index in [1.54, 1.807) is 11.8 Å². The van der Waals surface area contributed by atoms with Gasteiger partial charge < -0.3 is 15.2 Å². The summed E-state index contributed by atoms with van der Waals surface area (Å²) in [5.41, 5.74) is 1.04. The molecule has 0 bridgehead atoms. The number of rotatable bonds is 8. The van der Waals surface area contributed by atoms with Crippen molar-refractivity contribution in [2.24, 2.45) is 5.92 Å². The summed E-state index contributed by atoms with van der Waals surface area (Å²) in [7, 11) is 0.